The number of halogens is 1. The van der Waals surface area contributed by atoms with Crippen LogP contribution in [0.25, 0.3) is 11.2 Å². The number of rotatable bonds is 5. The van der Waals surface area contributed by atoms with E-state index in [1.807, 2.05) is 0 Å². The molecule has 0 spiro atoms. The van der Waals surface area contributed by atoms with E-state index in [2.05, 4.69) is 19.7 Å². The maximum atomic E-state index is 13.8. The minimum absolute atomic E-state index is 0.166. The zero-order valence-corrected chi connectivity index (χ0v) is 16.8. The molecule has 0 aliphatic carbocycles. The number of carbonyl (C=O) groups excluding carboxylic acids is 3. The summed E-state index contributed by atoms with van der Waals surface area (Å²) in [5.74, 6) is -10.5. The number of aromatic nitrogens is 4. The summed E-state index contributed by atoms with van der Waals surface area (Å²) in [6.45, 7) is 2.57. The molecule has 5 atom stereocenters. The molecule has 2 aromatic rings. The third kappa shape index (κ3) is 3.68. The average Bonchev–Trinajstić information content (AvgIpc) is 3.11. The topological polar surface area (TPSA) is 218 Å². The molecule has 1 aliphatic heterocycles. The van der Waals surface area contributed by atoms with Gasteiger partial charge in [0.25, 0.3) is 0 Å². The first kappa shape index (κ1) is 23.2. The highest BCUT2D eigenvalue weighted by molar-refractivity contribution is 5.81. The van der Waals surface area contributed by atoms with Gasteiger partial charge >= 0.3 is 35.6 Å². The van der Waals surface area contributed by atoms with Crippen molar-refractivity contribution in [3.8, 4) is 0 Å². The van der Waals surface area contributed by atoms with Crippen molar-refractivity contribution in [1.29, 1.82) is 0 Å². The molecule has 0 aromatic carbocycles. The van der Waals surface area contributed by atoms with Crippen LogP contribution in [-0.2, 0) is 33.3 Å². The minimum atomic E-state index is -3.34. The fraction of sp³-hybridized carbons (Fsp3) is 0.500. The van der Waals surface area contributed by atoms with Gasteiger partial charge in [-0.05, 0) is 0 Å². The second-order valence-corrected chi connectivity index (χ2v) is 6.69. The lowest BCUT2D eigenvalue weighted by Gasteiger charge is -2.38. The number of aliphatic hydroxyl groups excluding tert-OH is 1. The second-order valence-electron chi connectivity index (χ2n) is 6.69. The van der Waals surface area contributed by atoms with Crippen LogP contribution in [0.5, 0.6) is 0 Å². The van der Waals surface area contributed by atoms with Gasteiger partial charge in [0, 0.05) is 20.8 Å². The van der Waals surface area contributed by atoms with E-state index >= 15 is 0 Å². The van der Waals surface area contributed by atoms with Crippen LogP contribution in [0.2, 0.25) is 0 Å². The van der Waals surface area contributed by atoms with E-state index in [1.54, 1.807) is 0 Å². The van der Waals surface area contributed by atoms with Crippen LogP contribution in [0.4, 0.5) is 10.2 Å². The summed E-state index contributed by atoms with van der Waals surface area (Å²) in [6, 6.07) is 0. The monoisotopic (exact) mass is 459 g/mol. The molecular formula is C16H18FN5O10. The number of ether oxygens (including phenoxy) is 4. The third-order valence-corrected chi connectivity index (χ3v) is 4.33. The number of aliphatic hydroxyl groups is 3. The molecule has 3 heterocycles. The largest absolute Gasteiger partial charge is 0.433 e. The number of imidazole rings is 1. The Hall–Kier alpha value is -3.47. The Bertz CT molecular complexity index is 1090. The standard InChI is InChI=1S/C16H18FN5O10/c1-5(23)29-12(26)9-15(27,31-6(2)24)16(28,32-7(3)25)13(30-9)22-4-19-8-10(18)20-14(17)21-11(8)22/h4,9,12-13,26-28H,1-3H3,(H2,18,20,21)/t9-,12+,13-,15+,16-/m1/s1. The molecule has 1 saturated heterocycles. The summed E-state index contributed by atoms with van der Waals surface area (Å²) in [5.41, 5.74) is 5.04. The van der Waals surface area contributed by atoms with Crippen molar-refractivity contribution in [1.82, 2.24) is 19.5 Å². The average molecular weight is 459 g/mol. The van der Waals surface area contributed by atoms with Gasteiger partial charge < -0.3 is 40.0 Å². The highest BCUT2D eigenvalue weighted by atomic mass is 19.1. The minimum Gasteiger partial charge on any atom is -0.433 e. The molecule has 0 unspecified atom stereocenters. The van der Waals surface area contributed by atoms with E-state index in [4.69, 9.17) is 19.9 Å². The van der Waals surface area contributed by atoms with Crippen LogP contribution in [0.3, 0.4) is 0 Å². The first-order valence-corrected chi connectivity index (χ1v) is 8.80. The number of anilines is 1. The van der Waals surface area contributed by atoms with Crippen LogP contribution in [-0.4, -0.2) is 76.7 Å². The molecule has 5 N–H and O–H groups in total. The van der Waals surface area contributed by atoms with Gasteiger partial charge in [0.2, 0.25) is 12.5 Å². The van der Waals surface area contributed by atoms with Crippen molar-refractivity contribution in [2.75, 3.05) is 5.73 Å². The lowest BCUT2D eigenvalue weighted by Crippen LogP contribution is -2.64. The van der Waals surface area contributed by atoms with Crippen molar-refractivity contribution in [2.24, 2.45) is 0 Å². The van der Waals surface area contributed by atoms with Gasteiger partial charge in [-0.15, -0.1) is 0 Å². The highest BCUT2D eigenvalue weighted by Crippen LogP contribution is 2.49. The number of fused-ring (bicyclic) bond motifs is 1. The van der Waals surface area contributed by atoms with E-state index in [1.165, 1.54) is 0 Å². The molecule has 1 fully saturated rings. The molecule has 0 saturated carbocycles. The lowest BCUT2D eigenvalue weighted by atomic mass is 10.0. The maximum absolute atomic E-state index is 13.8. The lowest BCUT2D eigenvalue weighted by molar-refractivity contribution is -0.366. The molecule has 0 amide bonds. The Morgan fingerprint density at radius 2 is 1.75 bits per heavy atom. The van der Waals surface area contributed by atoms with Crippen molar-refractivity contribution < 1.29 is 53.0 Å². The molecular weight excluding hydrogens is 441 g/mol. The molecule has 2 aromatic heterocycles. The first-order valence-electron chi connectivity index (χ1n) is 8.80. The van der Waals surface area contributed by atoms with Crippen molar-refractivity contribution in [3.63, 3.8) is 0 Å². The van der Waals surface area contributed by atoms with Crippen molar-refractivity contribution in [3.05, 3.63) is 12.4 Å². The van der Waals surface area contributed by atoms with Crippen LogP contribution < -0.4 is 5.73 Å². The van der Waals surface area contributed by atoms with Crippen LogP contribution in [0, 0.1) is 6.08 Å². The Kier molecular flexibility index (Phi) is 5.73. The fourth-order valence-corrected chi connectivity index (χ4v) is 3.23. The summed E-state index contributed by atoms with van der Waals surface area (Å²) in [4.78, 5) is 45.3. The number of nitrogens with zero attached hydrogens (tertiary/aromatic N) is 4. The molecule has 3 rings (SSSR count). The smallest absolute Gasteiger partial charge is 0.326 e. The normalized spacial score (nSPS) is 28.3. The van der Waals surface area contributed by atoms with Gasteiger partial charge in [-0.2, -0.15) is 14.4 Å². The van der Waals surface area contributed by atoms with Crippen LogP contribution in [0.1, 0.15) is 27.0 Å². The van der Waals surface area contributed by atoms with E-state index in [0.717, 1.165) is 31.7 Å². The summed E-state index contributed by atoms with van der Waals surface area (Å²) in [6.07, 6.45) is -7.04. The van der Waals surface area contributed by atoms with Gasteiger partial charge in [0.15, 0.2) is 23.1 Å². The summed E-state index contributed by atoms with van der Waals surface area (Å²) in [7, 11) is 0. The fourth-order valence-electron chi connectivity index (χ4n) is 3.23. The zero-order valence-electron chi connectivity index (χ0n) is 16.8. The number of nitrogens with two attached hydrogens (primary N) is 1. The van der Waals surface area contributed by atoms with Gasteiger partial charge in [-0.3, -0.25) is 19.0 Å². The van der Waals surface area contributed by atoms with E-state index in [-0.39, 0.29) is 5.52 Å². The Morgan fingerprint density at radius 1 is 1.16 bits per heavy atom. The zero-order chi connectivity index (χ0) is 24.0. The quantitative estimate of drug-likeness (QED) is 0.162. The molecule has 0 bridgehead atoms. The number of hydrogen-bond acceptors (Lipinski definition) is 14. The SMILES string of the molecule is CC(=O)O[C@H](O)[C@H]1O[C@@H](n2cnc3c(N)nc(F)nc32)[C@@](O)(OC(C)=O)[C@@]1(O)OC(C)=O. The van der Waals surface area contributed by atoms with Crippen LogP contribution >= 0.6 is 0 Å². The highest BCUT2D eigenvalue weighted by Gasteiger charge is 2.75. The predicted octanol–water partition coefficient (Wildman–Crippen LogP) is -2.17. The molecule has 16 heteroatoms. The van der Waals surface area contributed by atoms with E-state index < -0.39 is 65.6 Å². The van der Waals surface area contributed by atoms with Gasteiger partial charge in [-0.25, -0.2) is 4.98 Å². The first-order chi connectivity index (χ1) is 14.8. The number of esters is 3. The van der Waals surface area contributed by atoms with Gasteiger partial charge in [0.05, 0.1) is 6.33 Å². The number of hydrogen-bond donors (Lipinski definition) is 4. The summed E-state index contributed by atoms with van der Waals surface area (Å²) < 4.78 is 34.1. The number of carbonyl (C=O) groups is 3. The number of nitrogen functional groups attached to an aromatic ring is 1. The second kappa shape index (κ2) is 7.90. The Balaban J connectivity index is 2.24. The molecule has 0 radical (unpaired) electrons. The Labute approximate surface area is 177 Å². The van der Waals surface area contributed by atoms with E-state index in [9.17, 15) is 34.1 Å². The molecule has 32 heavy (non-hydrogen) atoms. The Morgan fingerprint density at radius 3 is 2.31 bits per heavy atom. The third-order valence-electron chi connectivity index (χ3n) is 4.33. The molecule has 174 valence electrons. The van der Waals surface area contributed by atoms with E-state index in [0.29, 0.717) is 0 Å². The predicted molar refractivity (Wildman–Crippen MR) is 94.8 cm³/mol. The van der Waals surface area contributed by atoms with Crippen LogP contribution in [0.15, 0.2) is 6.33 Å². The molecule has 1 aliphatic rings. The van der Waals surface area contributed by atoms with Gasteiger partial charge in [-0.1, -0.05) is 0 Å². The summed E-state index contributed by atoms with van der Waals surface area (Å²) >= 11 is 0. The van der Waals surface area contributed by atoms with Crippen molar-refractivity contribution >= 4 is 34.9 Å². The molecule has 15 nitrogen and oxygen atoms in total. The summed E-state index contributed by atoms with van der Waals surface area (Å²) in [5, 5.41) is 32.6. The van der Waals surface area contributed by atoms with Crippen molar-refractivity contribution in [2.45, 2.75) is 51.0 Å². The maximum Gasteiger partial charge on any atom is 0.326 e. The van der Waals surface area contributed by atoms with Gasteiger partial charge in [0.1, 0.15) is 0 Å².